The lowest BCUT2D eigenvalue weighted by molar-refractivity contribution is -0.121. The van der Waals surface area contributed by atoms with Gasteiger partial charge in [-0.3, -0.25) is 4.79 Å². The largest absolute Gasteiger partial charge is 0.508 e. The molecule has 0 aliphatic carbocycles. The predicted octanol–water partition coefficient (Wildman–Crippen LogP) is 3.77. The number of nitrogens with one attached hydrogen (secondary N) is 1. The lowest BCUT2D eigenvalue weighted by Gasteiger charge is -2.16. The fraction of sp³-hybridized carbons (Fsp3) is 0.0909. The summed E-state index contributed by atoms with van der Waals surface area (Å²) in [5.41, 5.74) is 5.19. The Bertz CT molecular complexity index is 914. The van der Waals surface area contributed by atoms with Gasteiger partial charge in [-0.05, 0) is 30.2 Å². The van der Waals surface area contributed by atoms with E-state index in [1.165, 1.54) is 12.1 Å². The summed E-state index contributed by atoms with van der Waals surface area (Å²) in [6, 6.07) is 23.2. The molecule has 27 heavy (non-hydrogen) atoms. The highest BCUT2D eigenvalue weighted by molar-refractivity contribution is 6.02. The number of rotatable bonds is 5. The number of nitrogens with zero attached hydrogens (tertiary/aromatic N) is 1. The summed E-state index contributed by atoms with van der Waals surface area (Å²) in [4.78, 5) is 12.9. The van der Waals surface area contributed by atoms with Crippen LogP contribution >= 0.6 is 0 Å². The average Bonchev–Trinajstić information content (AvgIpc) is 2.68. The Morgan fingerprint density at radius 3 is 1.96 bits per heavy atom. The maximum absolute atomic E-state index is 12.9. The number of hydrazone groups is 1. The van der Waals surface area contributed by atoms with Crippen molar-refractivity contribution in [2.24, 2.45) is 5.10 Å². The molecular formula is C22H20N2O3. The van der Waals surface area contributed by atoms with Crippen molar-refractivity contribution in [3.05, 3.63) is 95.6 Å². The molecule has 5 heteroatoms. The van der Waals surface area contributed by atoms with Gasteiger partial charge in [-0.1, -0.05) is 60.7 Å². The Labute approximate surface area is 157 Å². The Balaban J connectivity index is 1.87. The van der Waals surface area contributed by atoms with Crippen LogP contribution in [0.2, 0.25) is 0 Å². The van der Waals surface area contributed by atoms with Crippen molar-refractivity contribution in [1.82, 2.24) is 5.43 Å². The summed E-state index contributed by atoms with van der Waals surface area (Å²) >= 11 is 0. The number of phenols is 2. The third-order valence-corrected chi connectivity index (χ3v) is 4.23. The number of benzene rings is 3. The maximum atomic E-state index is 12.9. The molecule has 3 N–H and O–H groups in total. The number of hydrogen-bond acceptors (Lipinski definition) is 4. The molecule has 0 bridgehead atoms. The summed E-state index contributed by atoms with van der Waals surface area (Å²) in [5.74, 6) is -0.920. The minimum Gasteiger partial charge on any atom is -0.508 e. The van der Waals surface area contributed by atoms with Crippen LogP contribution in [0, 0.1) is 0 Å². The molecular weight excluding hydrogens is 340 g/mol. The van der Waals surface area contributed by atoms with Gasteiger partial charge in [-0.25, -0.2) is 5.43 Å². The van der Waals surface area contributed by atoms with Crippen molar-refractivity contribution in [3.8, 4) is 11.5 Å². The van der Waals surface area contributed by atoms with E-state index in [1.807, 2.05) is 60.7 Å². The summed E-state index contributed by atoms with van der Waals surface area (Å²) < 4.78 is 0. The van der Waals surface area contributed by atoms with Gasteiger partial charge in [0.05, 0.1) is 11.6 Å². The SMILES string of the molecule is CC(=NNC(=O)C(c1ccccc1)c1ccccc1)c1ccc(O)cc1O. The Morgan fingerprint density at radius 2 is 1.44 bits per heavy atom. The summed E-state index contributed by atoms with van der Waals surface area (Å²) in [7, 11) is 0. The molecule has 0 heterocycles. The molecule has 136 valence electrons. The van der Waals surface area contributed by atoms with Crippen LogP contribution in [0.15, 0.2) is 84.0 Å². The van der Waals surface area contributed by atoms with Gasteiger partial charge >= 0.3 is 0 Å². The number of aromatic hydroxyl groups is 2. The molecule has 0 unspecified atom stereocenters. The van der Waals surface area contributed by atoms with Crippen molar-refractivity contribution in [2.75, 3.05) is 0 Å². The zero-order valence-electron chi connectivity index (χ0n) is 14.8. The molecule has 1 amide bonds. The van der Waals surface area contributed by atoms with Gasteiger partial charge in [0.15, 0.2) is 0 Å². The zero-order valence-corrected chi connectivity index (χ0v) is 14.8. The number of hydrogen-bond donors (Lipinski definition) is 3. The second kappa shape index (κ2) is 8.19. The second-order valence-corrected chi connectivity index (χ2v) is 6.13. The first kappa shape index (κ1) is 18.2. The molecule has 0 aliphatic heterocycles. The smallest absolute Gasteiger partial charge is 0.252 e. The molecule has 0 spiro atoms. The van der Waals surface area contributed by atoms with Crippen LogP contribution in [0.25, 0.3) is 0 Å². The lowest BCUT2D eigenvalue weighted by Crippen LogP contribution is -2.27. The molecule has 0 aromatic heterocycles. The summed E-state index contributed by atoms with van der Waals surface area (Å²) in [5, 5.41) is 23.5. The monoisotopic (exact) mass is 360 g/mol. The van der Waals surface area contributed by atoms with E-state index in [2.05, 4.69) is 10.5 Å². The first-order valence-corrected chi connectivity index (χ1v) is 8.52. The number of phenolic OH excluding ortho intramolecular Hbond substituents is 2. The lowest BCUT2D eigenvalue weighted by atomic mass is 9.91. The number of amides is 1. The van der Waals surface area contributed by atoms with Crippen molar-refractivity contribution >= 4 is 11.6 Å². The van der Waals surface area contributed by atoms with E-state index in [4.69, 9.17) is 0 Å². The van der Waals surface area contributed by atoms with Crippen molar-refractivity contribution in [1.29, 1.82) is 0 Å². The highest BCUT2D eigenvalue weighted by atomic mass is 16.3. The fourth-order valence-electron chi connectivity index (χ4n) is 2.88. The first-order valence-electron chi connectivity index (χ1n) is 8.52. The Kier molecular flexibility index (Phi) is 5.52. The normalized spacial score (nSPS) is 11.4. The van der Waals surface area contributed by atoms with E-state index in [9.17, 15) is 15.0 Å². The number of carbonyl (C=O) groups excluding carboxylic acids is 1. The standard InChI is InChI=1S/C22H20N2O3/c1-15(19-13-12-18(25)14-20(19)26)23-24-22(27)21(16-8-4-2-5-9-16)17-10-6-3-7-11-17/h2-14,21,25-26H,1H3,(H,24,27). The molecule has 5 nitrogen and oxygen atoms in total. The van der Waals surface area contributed by atoms with Gasteiger partial charge in [0.2, 0.25) is 0 Å². The highest BCUT2D eigenvalue weighted by Crippen LogP contribution is 2.25. The molecule has 0 atom stereocenters. The molecule has 0 saturated carbocycles. The maximum Gasteiger partial charge on any atom is 0.252 e. The van der Waals surface area contributed by atoms with E-state index in [-0.39, 0.29) is 17.4 Å². The van der Waals surface area contributed by atoms with Crippen LogP contribution in [-0.2, 0) is 4.79 Å². The third kappa shape index (κ3) is 4.33. The van der Waals surface area contributed by atoms with Crippen LogP contribution in [0.3, 0.4) is 0 Å². The summed E-state index contributed by atoms with van der Waals surface area (Å²) in [6.07, 6.45) is 0. The van der Waals surface area contributed by atoms with E-state index in [1.54, 1.807) is 13.0 Å². The van der Waals surface area contributed by atoms with E-state index >= 15 is 0 Å². The van der Waals surface area contributed by atoms with Gasteiger partial charge in [0.25, 0.3) is 5.91 Å². The quantitative estimate of drug-likeness (QED) is 0.478. The molecule has 0 fully saturated rings. The van der Waals surface area contributed by atoms with Gasteiger partial charge in [0, 0.05) is 11.6 Å². The van der Waals surface area contributed by atoms with Crippen LogP contribution in [0.1, 0.15) is 29.5 Å². The average molecular weight is 360 g/mol. The zero-order chi connectivity index (χ0) is 19.2. The first-order chi connectivity index (χ1) is 13.1. The Morgan fingerprint density at radius 1 is 0.889 bits per heavy atom. The minimum atomic E-state index is -0.502. The molecule has 0 saturated heterocycles. The fourth-order valence-corrected chi connectivity index (χ4v) is 2.88. The van der Waals surface area contributed by atoms with Crippen molar-refractivity contribution in [3.63, 3.8) is 0 Å². The molecule has 3 aromatic rings. The van der Waals surface area contributed by atoms with Crippen LogP contribution in [-0.4, -0.2) is 21.8 Å². The minimum absolute atomic E-state index is 0.0405. The van der Waals surface area contributed by atoms with Crippen molar-refractivity contribution < 1.29 is 15.0 Å². The second-order valence-electron chi connectivity index (χ2n) is 6.13. The van der Waals surface area contributed by atoms with Crippen LogP contribution in [0.5, 0.6) is 11.5 Å². The van der Waals surface area contributed by atoms with Gasteiger partial charge < -0.3 is 10.2 Å². The van der Waals surface area contributed by atoms with E-state index in [0.29, 0.717) is 11.3 Å². The molecule has 0 radical (unpaired) electrons. The van der Waals surface area contributed by atoms with Crippen molar-refractivity contribution in [2.45, 2.75) is 12.8 Å². The molecule has 3 aromatic carbocycles. The molecule has 3 rings (SSSR count). The van der Waals surface area contributed by atoms with Gasteiger partial charge in [0.1, 0.15) is 11.5 Å². The van der Waals surface area contributed by atoms with Crippen LogP contribution in [0.4, 0.5) is 0 Å². The highest BCUT2D eigenvalue weighted by Gasteiger charge is 2.22. The molecule has 0 aliphatic rings. The summed E-state index contributed by atoms with van der Waals surface area (Å²) in [6.45, 7) is 1.67. The predicted molar refractivity (Wildman–Crippen MR) is 105 cm³/mol. The van der Waals surface area contributed by atoms with E-state index < -0.39 is 5.92 Å². The van der Waals surface area contributed by atoms with Crippen LogP contribution < -0.4 is 5.43 Å². The van der Waals surface area contributed by atoms with E-state index in [0.717, 1.165) is 11.1 Å². The third-order valence-electron chi connectivity index (χ3n) is 4.23. The Hall–Kier alpha value is -3.60. The topological polar surface area (TPSA) is 81.9 Å². The number of carbonyl (C=O) groups is 1. The van der Waals surface area contributed by atoms with Gasteiger partial charge in [-0.15, -0.1) is 0 Å². The van der Waals surface area contributed by atoms with Gasteiger partial charge in [-0.2, -0.15) is 5.10 Å².